The normalized spacial score (nSPS) is 12.2. The SMILES string of the molecule is FC(F)(F)c1cccc(NN=CN=Nc2ccc(Cl)cc2)c1. The topological polar surface area (TPSA) is 49.1 Å². The van der Waals surface area contributed by atoms with E-state index in [2.05, 4.69) is 20.8 Å². The molecule has 1 N–H and O–H groups in total. The number of rotatable bonds is 4. The van der Waals surface area contributed by atoms with E-state index < -0.39 is 11.7 Å². The molecule has 0 radical (unpaired) electrons. The summed E-state index contributed by atoms with van der Waals surface area (Å²) in [6.45, 7) is 0. The first-order valence-electron chi connectivity index (χ1n) is 6.06. The highest BCUT2D eigenvalue weighted by atomic mass is 35.5. The van der Waals surface area contributed by atoms with Gasteiger partial charge >= 0.3 is 6.18 Å². The smallest absolute Gasteiger partial charge is 0.277 e. The van der Waals surface area contributed by atoms with Gasteiger partial charge in [-0.25, -0.2) is 0 Å². The second-order valence-electron chi connectivity index (χ2n) is 4.13. The van der Waals surface area contributed by atoms with Gasteiger partial charge < -0.3 is 0 Å². The summed E-state index contributed by atoms with van der Waals surface area (Å²) in [5, 5.41) is 11.7. The Kier molecular flexibility index (Phi) is 5.11. The molecule has 0 aliphatic carbocycles. The standard InChI is InChI=1S/C14H10ClF3N4/c15-11-4-6-12(7-5-11)21-19-9-20-22-13-3-1-2-10(8-13)14(16,17)18/h1-9,22H. The number of halogens is 4. The molecule has 0 unspecified atom stereocenters. The zero-order valence-corrected chi connectivity index (χ0v) is 11.8. The highest BCUT2D eigenvalue weighted by Crippen LogP contribution is 2.30. The lowest BCUT2D eigenvalue weighted by molar-refractivity contribution is -0.137. The van der Waals surface area contributed by atoms with E-state index in [1.54, 1.807) is 24.3 Å². The minimum absolute atomic E-state index is 0.202. The van der Waals surface area contributed by atoms with Crippen LogP contribution in [0.5, 0.6) is 0 Å². The van der Waals surface area contributed by atoms with Crippen molar-refractivity contribution in [3.05, 3.63) is 59.1 Å². The summed E-state index contributed by atoms with van der Waals surface area (Å²) in [6, 6.07) is 11.3. The summed E-state index contributed by atoms with van der Waals surface area (Å²) in [5.41, 5.74) is 2.47. The first-order chi connectivity index (χ1) is 10.4. The molecular formula is C14H10ClF3N4. The summed E-state index contributed by atoms with van der Waals surface area (Å²) in [5.74, 6) is 0. The number of azo groups is 1. The van der Waals surface area contributed by atoms with Gasteiger partial charge in [0.2, 0.25) is 0 Å². The number of benzene rings is 2. The number of hydrogen-bond acceptors (Lipinski definition) is 3. The van der Waals surface area contributed by atoms with Crippen molar-refractivity contribution in [1.82, 2.24) is 0 Å². The molecule has 8 heteroatoms. The Bertz CT molecular complexity index is 681. The molecule has 4 nitrogen and oxygen atoms in total. The van der Waals surface area contributed by atoms with Gasteiger partial charge in [-0.3, -0.25) is 5.43 Å². The van der Waals surface area contributed by atoms with Gasteiger partial charge in [-0.15, -0.1) is 10.2 Å². The number of alkyl halides is 3. The molecule has 0 spiro atoms. The monoisotopic (exact) mass is 326 g/mol. The molecular weight excluding hydrogens is 317 g/mol. The number of nitrogens with one attached hydrogen (secondary N) is 1. The number of hydrogen-bond donors (Lipinski definition) is 1. The third-order valence-electron chi connectivity index (χ3n) is 2.49. The minimum Gasteiger partial charge on any atom is -0.277 e. The van der Waals surface area contributed by atoms with Crippen molar-refractivity contribution >= 4 is 29.3 Å². The average Bonchev–Trinajstić information content (AvgIpc) is 2.48. The van der Waals surface area contributed by atoms with Crippen molar-refractivity contribution in [3.63, 3.8) is 0 Å². The fourth-order valence-electron chi connectivity index (χ4n) is 1.49. The fourth-order valence-corrected chi connectivity index (χ4v) is 1.62. The second-order valence-corrected chi connectivity index (χ2v) is 4.56. The van der Waals surface area contributed by atoms with Crippen LogP contribution in [0.3, 0.4) is 0 Å². The molecule has 0 heterocycles. The van der Waals surface area contributed by atoms with E-state index in [0.29, 0.717) is 10.7 Å². The third kappa shape index (κ3) is 4.85. The molecule has 114 valence electrons. The van der Waals surface area contributed by atoms with Gasteiger partial charge in [-0.05, 0) is 42.5 Å². The van der Waals surface area contributed by atoms with Gasteiger partial charge in [0.25, 0.3) is 0 Å². The highest BCUT2D eigenvalue weighted by molar-refractivity contribution is 6.30. The van der Waals surface area contributed by atoms with Crippen molar-refractivity contribution in [2.45, 2.75) is 6.18 Å². The van der Waals surface area contributed by atoms with Crippen LogP contribution in [-0.2, 0) is 6.18 Å². The van der Waals surface area contributed by atoms with E-state index in [1.165, 1.54) is 12.1 Å². The van der Waals surface area contributed by atoms with E-state index in [1.807, 2.05) is 0 Å². The second kappa shape index (κ2) is 7.04. The third-order valence-corrected chi connectivity index (χ3v) is 2.74. The molecule has 0 fully saturated rings. The Labute approximate surface area is 129 Å². The van der Waals surface area contributed by atoms with Crippen molar-refractivity contribution < 1.29 is 13.2 Å². The molecule has 0 saturated carbocycles. The average molecular weight is 327 g/mol. The Balaban J connectivity index is 1.94. The maximum absolute atomic E-state index is 12.5. The zero-order chi connectivity index (χ0) is 16.0. The van der Waals surface area contributed by atoms with Crippen molar-refractivity contribution in [1.29, 1.82) is 0 Å². The maximum Gasteiger partial charge on any atom is 0.416 e. The summed E-state index contributed by atoms with van der Waals surface area (Å²) >= 11 is 5.72. The van der Waals surface area contributed by atoms with Gasteiger partial charge in [-0.2, -0.15) is 18.3 Å². The van der Waals surface area contributed by atoms with E-state index in [-0.39, 0.29) is 5.69 Å². The molecule has 2 aromatic carbocycles. The molecule has 2 rings (SSSR count). The predicted octanol–water partition coefficient (Wildman–Crippen LogP) is 5.50. The van der Waals surface area contributed by atoms with Crippen LogP contribution < -0.4 is 5.43 Å². The summed E-state index contributed by atoms with van der Waals surface area (Å²) < 4.78 is 37.6. The molecule has 0 saturated heterocycles. The Morgan fingerprint density at radius 3 is 2.45 bits per heavy atom. The molecule has 0 atom stereocenters. The summed E-state index contributed by atoms with van der Waals surface area (Å²) in [4.78, 5) is 0. The summed E-state index contributed by atoms with van der Waals surface area (Å²) in [6.07, 6.45) is -3.30. The lowest BCUT2D eigenvalue weighted by Crippen LogP contribution is -2.04. The van der Waals surface area contributed by atoms with Crippen LogP contribution >= 0.6 is 11.6 Å². The van der Waals surface area contributed by atoms with E-state index in [4.69, 9.17) is 11.6 Å². The lowest BCUT2D eigenvalue weighted by Gasteiger charge is -2.07. The van der Waals surface area contributed by atoms with Gasteiger partial charge in [0.15, 0.2) is 6.34 Å². The maximum atomic E-state index is 12.5. The number of nitrogens with zero attached hydrogens (tertiary/aromatic N) is 3. The molecule has 0 amide bonds. The first-order valence-corrected chi connectivity index (χ1v) is 6.44. The number of anilines is 1. The van der Waals surface area contributed by atoms with Crippen molar-refractivity contribution in [3.8, 4) is 0 Å². The molecule has 0 aliphatic heterocycles. The van der Waals surface area contributed by atoms with Crippen LogP contribution in [0.2, 0.25) is 5.02 Å². The molecule has 2 aromatic rings. The van der Waals surface area contributed by atoms with Crippen LogP contribution in [0.4, 0.5) is 24.5 Å². The predicted molar refractivity (Wildman–Crippen MR) is 79.5 cm³/mol. The molecule has 0 aliphatic rings. The van der Waals surface area contributed by atoms with Gasteiger partial charge in [-0.1, -0.05) is 17.7 Å². The van der Waals surface area contributed by atoms with Crippen molar-refractivity contribution in [2.75, 3.05) is 5.43 Å². The van der Waals surface area contributed by atoms with Crippen LogP contribution in [0.15, 0.2) is 63.9 Å². The first kappa shape index (κ1) is 16.0. The molecule has 0 bridgehead atoms. The Morgan fingerprint density at radius 1 is 1.05 bits per heavy atom. The minimum atomic E-state index is -4.39. The largest absolute Gasteiger partial charge is 0.416 e. The molecule has 22 heavy (non-hydrogen) atoms. The van der Waals surface area contributed by atoms with Crippen LogP contribution in [-0.4, -0.2) is 6.34 Å². The number of hydrazone groups is 1. The quantitative estimate of drug-likeness (QED) is 0.343. The Hall–Kier alpha value is -2.41. The Morgan fingerprint density at radius 2 is 1.77 bits per heavy atom. The fraction of sp³-hybridized carbons (Fsp3) is 0.0714. The van der Waals surface area contributed by atoms with Gasteiger partial charge in [0.05, 0.1) is 16.9 Å². The lowest BCUT2D eigenvalue weighted by atomic mass is 10.2. The highest BCUT2D eigenvalue weighted by Gasteiger charge is 2.30. The van der Waals surface area contributed by atoms with E-state index >= 15 is 0 Å². The van der Waals surface area contributed by atoms with Crippen LogP contribution in [0.25, 0.3) is 0 Å². The summed E-state index contributed by atoms with van der Waals surface area (Å²) in [7, 11) is 0. The molecule has 0 aromatic heterocycles. The van der Waals surface area contributed by atoms with Crippen molar-refractivity contribution in [2.24, 2.45) is 15.3 Å². The van der Waals surface area contributed by atoms with Crippen LogP contribution in [0.1, 0.15) is 5.56 Å². The van der Waals surface area contributed by atoms with E-state index in [9.17, 15) is 13.2 Å². The van der Waals surface area contributed by atoms with E-state index in [0.717, 1.165) is 18.5 Å². The van der Waals surface area contributed by atoms with Gasteiger partial charge in [0.1, 0.15) is 0 Å². The van der Waals surface area contributed by atoms with Crippen LogP contribution in [0, 0.1) is 0 Å². The van der Waals surface area contributed by atoms with Gasteiger partial charge in [0, 0.05) is 5.02 Å². The zero-order valence-electron chi connectivity index (χ0n) is 11.0.